The van der Waals surface area contributed by atoms with Crippen LogP contribution in [0.25, 0.3) is 0 Å². The second-order valence-electron chi connectivity index (χ2n) is 6.83. The van der Waals surface area contributed by atoms with Crippen LogP contribution in [0.15, 0.2) is 0 Å². The van der Waals surface area contributed by atoms with E-state index in [1.807, 2.05) is 32.7 Å². The smallest absolute Gasteiger partial charge is 0.227 e. The van der Waals surface area contributed by atoms with Crippen LogP contribution in [0.1, 0.15) is 39.4 Å². The molecule has 124 valence electrons. The first-order chi connectivity index (χ1) is 10.3. The van der Waals surface area contributed by atoms with Crippen molar-refractivity contribution >= 4 is 22.6 Å². The number of nitrogens with zero attached hydrogens (tertiary/aromatic N) is 4. The molecule has 2 rings (SSSR count). The largest absolute Gasteiger partial charge is 0.377 e. The maximum atomic E-state index is 12.5. The molecule has 0 aliphatic carbocycles. The molecule has 1 saturated heterocycles. The van der Waals surface area contributed by atoms with E-state index in [1.54, 1.807) is 7.11 Å². The summed E-state index contributed by atoms with van der Waals surface area (Å²) in [6.07, 6.45) is 2.10. The second kappa shape index (κ2) is 6.91. The van der Waals surface area contributed by atoms with Gasteiger partial charge in [0.05, 0.1) is 0 Å². The highest BCUT2D eigenvalue weighted by molar-refractivity contribution is 7.09. The summed E-state index contributed by atoms with van der Waals surface area (Å²) in [7, 11) is 3.56. The molecule has 1 aliphatic rings. The van der Waals surface area contributed by atoms with Crippen LogP contribution in [0.2, 0.25) is 0 Å². The van der Waals surface area contributed by atoms with Gasteiger partial charge >= 0.3 is 0 Å². The fraction of sp³-hybridized carbons (Fsp3) is 0.800. The Bertz CT molecular complexity index is 512. The Labute approximate surface area is 136 Å². The van der Waals surface area contributed by atoms with Gasteiger partial charge in [-0.3, -0.25) is 4.79 Å². The van der Waals surface area contributed by atoms with Gasteiger partial charge in [0.25, 0.3) is 0 Å². The fourth-order valence-electron chi connectivity index (χ4n) is 2.70. The lowest BCUT2D eigenvalue weighted by Crippen LogP contribution is -2.51. The van der Waals surface area contributed by atoms with E-state index in [2.05, 4.69) is 14.3 Å². The van der Waals surface area contributed by atoms with E-state index in [0.29, 0.717) is 6.61 Å². The molecule has 1 aromatic heterocycles. The fourth-order valence-corrected chi connectivity index (χ4v) is 3.41. The Morgan fingerprint density at radius 1 is 1.50 bits per heavy atom. The number of ether oxygens (including phenoxy) is 1. The molecule has 22 heavy (non-hydrogen) atoms. The van der Waals surface area contributed by atoms with Crippen LogP contribution in [-0.2, 0) is 16.1 Å². The third-order valence-electron chi connectivity index (χ3n) is 3.91. The third kappa shape index (κ3) is 3.95. The van der Waals surface area contributed by atoms with Gasteiger partial charge in [-0.15, -0.1) is 0 Å². The summed E-state index contributed by atoms with van der Waals surface area (Å²) in [5.41, 5.74) is -0.342. The molecule has 0 spiro atoms. The van der Waals surface area contributed by atoms with E-state index in [4.69, 9.17) is 4.74 Å². The molecule has 1 unspecified atom stereocenters. The van der Waals surface area contributed by atoms with Gasteiger partial charge in [-0.05, 0) is 12.8 Å². The average Bonchev–Trinajstić information content (AvgIpc) is 2.94. The Hall–Kier alpha value is -1.21. The van der Waals surface area contributed by atoms with E-state index in [9.17, 15) is 4.79 Å². The van der Waals surface area contributed by atoms with Gasteiger partial charge in [0, 0.05) is 50.2 Å². The van der Waals surface area contributed by atoms with E-state index in [-0.39, 0.29) is 17.4 Å². The van der Waals surface area contributed by atoms with Crippen molar-refractivity contribution in [3.63, 3.8) is 0 Å². The first kappa shape index (κ1) is 17.1. The quantitative estimate of drug-likeness (QED) is 0.848. The van der Waals surface area contributed by atoms with E-state index in [0.717, 1.165) is 36.9 Å². The van der Waals surface area contributed by atoms with Crippen LogP contribution < -0.4 is 4.90 Å². The molecule has 7 heteroatoms. The summed E-state index contributed by atoms with van der Waals surface area (Å²) in [5.74, 6) is 0.917. The summed E-state index contributed by atoms with van der Waals surface area (Å²) in [5, 5.41) is 0.924. The number of rotatable bonds is 4. The topological polar surface area (TPSA) is 58.6 Å². The first-order valence-corrected chi connectivity index (χ1v) is 8.44. The Kier molecular flexibility index (Phi) is 5.39. The lowest BCUT2D eigenvalue weighted by Gasteiger charge is -2.39. The van der Waals surface area contributed by atoms with Gasteiger partial charge in [-0.25, -0.2) is 4.98 Å². The number of methoxy groups -OCH3 is 1. The van der Waals surface area contributed by atoms with Gasteiger partial charge in [-0.2, -0.15) is 4.37 Å². The van der Waals surface area contributed by atoms with Crippen molar-refractivity contribution in [1.29, 1.82) is 0 Å². The highest BCUT2D eigenvalue weighted by Crippen LogP contribution is 2.26. The van der Waals surface area contributed by atoms with Gasteiger partial charge in [0.15, 0.2) is 5.82 Å². The zero-order chi connectivity index (χ0) is 16.3. The van der Waals surface area contributed by atoms with Crippen LogP contribution >= 0.6 is 11.5 Å². The highest BCUT2D eigenvalue weighted by Gasteiger charge is 2.32. The Morgan fingerprint density at radius 3 is 2.86 bits per heavy atom. The lowest BCUT2D eigenvalue weighted by atomic mass is 9.93. The lowest BCUT2D eigenvalue weighted by molar-refractivity contribution is -0.140. The number of hydrogen-bond donors (Lipinski definition) is 0. The molecule has 6 nitrogen and oxygen atoms in total. The van der Waals surface area contributed by atoms with Crippen LogP contribution in [-0.4, -0.2) is 53.5 Å². The summed E-state index contributed by atoms with van der Waals surface area (Å²) in [6.45, 7) is 8.13. The molecule has 1 aliphatic heterocycles. The minimum atomic E-state index is -0.342. The number of amides is 1. The summed E-state index contributed by atoms with van der Waals surface area (Å²) in [4.78, 5) is 21.1. The normalized spacial score (nSPS) is 19.3. The molecule has 0 N–H and O–H groups in total. The minimum Gasteiger partial charge on any atom is -0.377 e. The molecule has 1 fully saturated rings. The molecular weight excluding hydrogens is 300 g/mol. The number of carbonyl (C=O) groups excluding carboxylic acids is 1. The molecule has 1 aromatic rings. The number of anilines is 1. The van der Waals surface area contributed by atoms with Crippen molar-refractivity contribution in [3.8, 4) is 0 Å². The number of likely N-dealkylation sites (N-methyl/N-ethyl adjacent to an activating group) is 1. The molecule has 0 radical (unpaired) electrons. The van der Waals surface area contributed by atoms with Crippen LogP contribution in [0.5, 0.6) is 0 Å². The van der Waals surface area contributed by atoms with Crippen LogP contribution in [0.4, 0.5) is 5.13 Å². The summed E-state index contributed by atoms with van der Waals surface area (Å²) in [6, 6.07) is 0.232. The van der Waals surface area contributed by atoms with Gasteiger partial charge in [0.1, 0.15) is 6.61 Å². The van der Waals surface area contributed by atoms with Crippen molar-refractivity contribution in [2.45, 2.75) is 46.3 Å². The molecule has 1 atom stereocenters. The molecule has 1 amide bonds. The number of piperidine rings is 1. The van der Waals surface area contributed by atoms with E-state index >= 15 is 0 Å². The molecule has 0 saturated carbocycles. The van der Waals surface area contributed by atoms with E-state index in [1.165, 1.54) is 11.5 Å². The van der Waals surface area contributed by atoms with Crippen LogP contribution in [0, 0.1) is 5.41 Å². The predicted molar refractivity (Wildman–Crippen MR) is 88.1 cm³/mol. The number of aromatic nitrogens is 2. The van der Waals surface area contributed by atoms with Crippen molar-refractivity contribution in [2.75, 3.05) is 32.1 Å². The Balaban J connectivity index is 2.03. The molecule has 2 heterocycles. The van der Waals surface area contributed by atoms with Gasteiger partial charge in [-0.1, -0.05) is 20.8 Å². The van der Waals surface area contributed by atoms with Gasteiger partial charge < -0.3 is 14.5 Å². The third-order valence-corrected chi connectivity index (χ3v) is 4.72. The van der Waals surface area contributed by atoms with Crippen LogP contribution in [0.3, 0.4) is 0 Å². The van der Waals surface area contributed by atoms with Crippen molar-refractivity contribution in [3.05, 3.63) is 5.82 Å². The SMILES string of the molecule is COCc1nsc(N2CCCC(N(C)C(=O)C(C)(C)C)C2)n1. The minimum absolute atomic E-state index is 0.191. The highest BCUT2D eigenvalue weighted by atomic mass is 32.1. The Morgan fingerprint density at radius 2 is 2.23 bits per heavy atom. The number of carbonyl (C=O) groups is 1. The maximum Gasteiger partial charge on any atom is 0.227 e. The van der Waals surface area contributed by atoms with E-state index < -0.39 is 0 Å². The predicted octanol–water partition coefficient (Wildman–Crippen LogP) is 2.16. The zero-order valence-corrected chi connectivity index (χ0v) is 14.9. The zero-order valence-electron chi connectivity index (χ0n) is 14.1. The number of hydrogen-bond acceptors (Lipinski definition) is 6. The maximum absolute atomic E-state index is 12.5. The monoisotopic (exact) mass is 326 g/mol. The molecular formula is C15H26N4O2S. The van der Waals surface area contributed by atoms with Crippen molar-refractivity contribution in [2.24, 2.45) is 5.41 Å². The molecule has 0 bridgehead atoms. The van der Waals surface area contributed by atoms with Crippen molar-refractivity contribution in [1.82, 2.24) is 14.3 Å². The first-order valence-electron chi connectivity index (χ1n) is 7.66. The summed E-state index contributed by atoms with van der Waals surface area (Å²) < 4.78 is 9.38. The summed E-state index contributed by atoms with van der Waals surface area (Å²) >= 11 is 1.41. The average molecular weight is 326 g/mol. The van der Waals surface area contributed by atoms with Gasteiger partial charge in [0.2, 0.25) is 11.0 Å². The standard InChI is InChI=1S/C15H26N4O2S/c1-15(2,3)13(20)18(4)11-7-6-8-19(9-11)14-16-12(10-21-5)17-22-14/h11H,6-10H2,1-5H3. The van der Waals surface area contributed by atoms with Crippen molar-refractivity contribution < 1.29 is 9.53 Å². The molecule has 0 aromatic carbocycles. The second-order valence-corrected chi connectivity index (χ2v) is 7.56.